The number of rotatable bonds is 8. The number of carbonyl (C=O) groups is 2. The zero-order valence-corrected chi connectivity index (χ0v) is 20.5. The van der Waals surface area contributed by atoms with E-state index < -0.39 is 5.54 Å². The number of hydrogen-bond donors (Lipinski definition) is 2. The van der Waals surface area contributed by atoms with Gasteiger partial charge in [0.05, 0.1) is 18.3 Å². The van der Waals surface area contributed by atoms with Gasteiger partial charge in [-0.1, -0.05) is 27.2 Å². The van der Waals surface area contributed by atoms with E-state index in [1.807, 2.05) is 19.9 Å². The van der Waals surface area contributed by atoms with Crippen molar-refractivity contribution in [3.63, 3.8) is 0 Å². The molecule has 0 spiro atoms. The second kappa shape index (κ2) is 10.1. The standard InChI is InChI=1S/C25H40N4O3/c1-16(2)15-32-24-21(14-26-29(24)11-10-25(5,6)28-18(4)30)23(31)27-22-19-8-7-9-20(22)13-17(3)12-19/h10-11,14,16-17,19-20,22H,7-9,12-13,15H2,1-6H3,(H,27,31)(H,28,30)/b11-10+. The summed E-state index contributed by atoms with van der Waals surface area (Å²) in [6.45, 7) is 12.3. The monoisotopic (exact) mass is 444 g/mol. The summed E-state index contributed by atoms with van der Waals surface area (Å²) in [6, 6.07) is 0.239. The zero-order valence-electron chi connectivity index (χ0n) is 20.5. The molecule has 2 atom stereocenters. The van der Waals surface area contributed by atoms with Crippen molar-refractivity contribution in [3.8, 4) is 5.88 Å². The van der Waals surface area contributed by atoms with Crippen molar-refractivity contribution in [3.05, 3.63) is 17.8 Å². The molecule has 1 heterocycles. The molecular formula is C25H40N4O3. The van der Waals surface area contributed by atoms with E-state index in [4.69, 9.17) is 4.74 Å². The number of nitrogens with one attached hydrogen (secondary N) is 2. The summed E-state index contributed by atoms with van der Waals surface area (Å²) in [5.41, 5.74) is -0.0875. The summed E-state index contributed by atoms with van der Waals surface area (Å²) < 4.78 is 7.63. The van der Waals surface area contributed by atoms with Crippen LogP contribution in [0.1, 0.15) is 84.0 Å². The van der Waals surface area contributed by atoms with Crippen molar-refractivity contribution >= 4 is 18.0 Å². The molecule has 178 valence electrons. The number of fused-ring (bicyclic) bond motifs is 2. The van der Waals surface area contributed by atoms with E-state index in [2.05, 4.69) is 36.5 Å². The molecule has 2 fully saturated rings. The molecule has 1 aromatic heterocycles. The Balaban J connectivity index is 1.80. The van der Waals surface area contributed by atoms with Gasteiger partial charge in [0.2, 0.25) is 11.8 Å². The van der Waals surface area contributed by atoms with Gasteiger partial charge in [-0.05, 0) is 69.3 Å². The van der Waals surface area contributed by atoms with E-state index in [1.165, 1.54) is 39.0 Å². The highest BCUT2D eigenvalue weighted by Gasteiger charge is 2.40. The third kappa shape index (κ3) is 6.14. The highest BCUT2D eigenvalue weighted by atomic mass is 16.5. The Bertz CT molecular complexity index is 828. The third-order valence-corrected chi connectivity index (χ3v) is 6.55. The molecule has 2 bridgehead atoms. The second-order valence-electron chi connectivity index (χ2n) is 10.8. The first-order valence-corrected chi connectivity index (χ1v) is 12.0. The Labute approximate surface area is 192 Å². The van der Waals surface area contributed by atoms with Crippen LogP contribution in [-0.4, -0.2) is 39.8 Å². The van der Waals surface area contributed by atoms with Crippen molar-refractivity contribution in [1.82, 2.24) is 20.4 Å². The van der Waals surface area contributed by atoms with Gasteiger partial charge >= 0.3 is 0 Å². The predicted octanol–water partition coefficient (Wildman–Crippen LogP) is 4.25. The molecule has 0 aliphatic heterocycles. The van der Waals surface area contributed by atoms with Crippen molar-refractivity contribution in [2.75, 3.05) is 6.61 Å². The van der Waals surface area contributed by atoms with Crippen LogP contribution in [-0.2, 0) is 4.79 Å². The van der Waals surface area contributed by atoms with Gasteiger partial charge in [-0.3, -0.25) is 9.59 Å². The molecule has 0 radical (unpaired) electrons. The molecule has 2 amide bonds. The molecule has 32 heavy (non-hydrogen) atoms. The summed E-state index contributed by atoms with van der Waals surface area (Å²) >= 11 is 0. The minimum absolute atomic E-state index is 0.108. The SMILES string of the molecule is CC(=O)NC(C)(C)/C=C/n1ncc(C(=O)NC2C3CCCC2CC(C)C3)c1OCC(C)C. The van der Waals surface area contributed by atoms with Gasteiger partial charge in [-0.2, -0.15) is 5.10 Å². The van der Waals surface area contributed by atoms with E-state index in [9.17, 15) is 9.59 Å². The smallest absolute Gasteiger partial charge is 0.258 e. The van der Waals surface area contributed by atoms with Crippen molar-refractivity contribution in [2.45, 2.75) is 85.2 Å². The fourth-order valence-electron chi connectivity index (χ4n) is 5.26. The van der Waals surface area contributed by atoms with Gasteiger partial charge in [0.15, 0.2) is 0 Å². The van der Waals surface area contributed by atoms with Crippen LogP contribution in [0.5, 0.6) is 5.88 Å². The fraction of sp³-hybridized carbons (Fsp3) is 0.720. The lowest BCUT2D eigenvalue weighted by Gasteiger charge is -2.45. The van der Waals surface area contributed by atoms with Gasteiger partial charge in [0, 0.05) is 19.2 Å². The number of ether oxygens (including phenoxy) is 1. The normalized spacial score (nSPS) is 25.7. The van der Waals surface area contributed by atoms with Crippen molar-refractivity contribution < 1.29 is 14.3 Å². The molecule has 0 saturated heterocycles. The predicted molar refractivity (Wildman–Crippen MR) is 126 cm³/mol. The largest absolute Gasteiger partial charge is 0.477 e. The summed E-state index contributed by atoms with van der Waals surface area (Å²) in [5, 5.41) is 10.6. The van der Waals surface area contributed by atoms with Crippen LogP contribution in [0, 0.1) is 23.7 Å². The lowest BCUT2D eigenvalue weighted by molar-refractivity contribution is -0.120. The Morgan fingerprint density at radius 3 is 2.53 bits per heavy atom. The average molecular weight is 445 g/mol. The molecule has 2 unspecified atom stereocenters. The van der Waals surface area contributed by atoms with Crippen molar-refractivity contribution in [2.24, 2.45) is 23.7 Å². The lowest BCUT2D eigenvalue weighted by atomic mass is 9.65. The second-order valence-corrected chi connectivity index (χ2v) is 10.8. The van der Waals surface area contributed by atoms with E-state index >= 15 is 0 Å². The maximum atomic E-state index is 13.3. The number of hydrogen-bond acceptors (Lipinski definition) is 4. The van der Waals surface area contributed by atoms with Crippen LogP contribution in [0.4, 0.5) is 0 Å². The minimum atomic E-state index is -0.550. The Hall–Kier alpha value is -2.31. The Morgan fingerprint density at radius 2 is 1.94 bits per heavy atom. The molecule has 7 heteroatoms. The van der Waals surface area contributed by atoms with Crippen LogP contribution in [0.25, 0.3) is 6.20 Å². The summed E-state index contributed by atoms with van der Waals surface area (Å²) in [4.78, 5) is 24.8. The van der Waals surface area contributed by atoms with Gasteiger partial charge in [0.1, 0.15) is 5.56 Å². The Morgan fingerprint density at radius 1 is 1.28 bits per heavy atom. The van der Waals surface area contributed by atoms with Gasteiger partial charge in [-0.15, -0.1) is 0 Å². The summed E-state index contributed by atoms with van der Waals surface area (Å²) in [5.74, 6) is 2.41. The molecule has 2 aliphatic rings. The molecule has 2 aliphatic carbocycles. The van der Waals surface area contributed by atoms with E-state index in [1.54, 1.807) is 17.1 Å². The average Bonchev–Trinajstić information content (AvgIpc) is 3.07. The molecule has 0 aromatic carbocycles. The molecule has 3 rings (SSSR count). The van der Waals surface area contributed by atoms with Gasteiger partial charge in [-0.25, -0.2) is 4.68 Å². The summed E-state index contributed by atoms with van der Waals surface area (Å²) in [7, 11) is 0. The van der Waals surface area contributed by atoms with Crippen LogP contribution >= 0.6 is 0 Å². The zero-order chi connectivity index (χ0) is 23.5. The number of nitrogens with zero attached hydrogens (tertiary/aromatic N) is 2. The maximum Gasteiger partial charge on any atom is 0.258 e. The fourth-order valence-corrected chi connectivity index (χ4v) is 5.26. The molecule has 2 saturated carbocycles. The van der Waals surface area contributed by atoms with Crippen LogP contribution in [0.3, 0.4) is 0 Å². The molecule has 7 nitrogen and oxygen atoms in total. The number of amides is 2. The van der Waals surface area contributed by atoms with Crippen LogP contribution < -0.4 is 15.4 Å². The van der Waals surface area contributed by atoms with E-state index in [-0.39, 0.29) is 17.9 Å². The molecular weight excluding hydrogens is 404 g/mol. The number of aromatic nitrogens is 2. The van der Waals surface area contributed by atoms with E-state index in [0.29, 0.717) is 35.8 Å². The first-order valence-electron chi connectivity index (χ1n) is 12.0. The first-order chi connectivity index (χ1) is 15.1. The number of carbonyl (C=O) groups excluding carboxylic acids is 2. The molecule has 1 aromatic rings. The lowest BCUT2D eigenvalue weighted by Crippen LogP contribution is -2.51. The Kier molecular flexibility index (Phi) is 7.67. The van der Waals surface area contributed by atoms with Crippen LogP contribution in [0.2, 0.25) is 0 Å². The summed E-state index contributed by atoms with van der Waals surface area (Å²) in [6.07, 6.45) is 11.2. The minimum Gasteiger partial charge on any atom is -0.477 e. The maximum absolute atomic E-state index is 13.3. The highest BCUT2D eigenvalue weighted by molar-refractivity contribution is 5.96. The van der Waals surface area contributed by atoms with Gasteiger partial charge in [0.25, 0.3) is 5.91 Å². The van der Waals surface area contributed by atoms with Crippen molar-refractivity contribution in [1.29, 1.82) is 0 Å². The van der Waals surface area contributed by atoms with E-state index in [0.717, 1.165) is 5.92 Å². The van der Waals surface area contributed by atoms with Crippen LogP contribution in [0.15, 0.2) is 12.3 Å². The van der Waals surface area contributed by atoms with Gasteiger partial charge < -0.3 is 15.4 Å². The third-order valence-electron chi connectivity index (χ3n) is 6.55. The first kappa shape index (κ1) is 24.3. The highest BCUT2D eigenvalue weighted by Crippen LogP contribution is 2.42. The topological polar surface area (TPSA) is 85.2 Å². The molecule has 2 N–H and O–H groups in total. The quantitative estimate of drug-likeness (QED) is 0.628.